The molecule has 4 heteroatoms. The summed E-state index contributed by atoms with van der Waals surface area (Å²) < 4.78 is 4.97. The van der Waals surface area contributed by atoms with Gasteiger partial charge in [0.1, 0.15) is 0 Å². The van der Waals surface area contributed by atoms with Crippen LogP contribution in [0.1, 0.15) is 31.1 Å². The number of ether oxygens (including phenoxy) is 1. The Balaban J connectivity index is 2.73. The van der Waals surface area contributed by atoms with Crippen molar-refractivity contribution in [2.45, 2.75) is 20.8 Å². The number of benzene rings is 1. The first kappa shape index (κ1) is 14.4. The van der Waals surface area contributed by atoms with Crippen LogP contribution < -0.4 is 10.1 Å². The quantitative estimate of drug-likeness (QED) is 0.845. The van der Waals surface area contributed by atoms with Crippen molar-refractivity contribution in [2.75, 3.05) is 13.7 Å². The maximum absolute atomic E-state index is 11.9. The van der Waals surface area contributed by atoms with E-state index in [1.54, 1.807) is 18.2 Å². The molecule has 0 saturated heterocycles. The summed E-state index contributed by atoms with van der Waals surface area (Å²) in [5.41, 5.74) is 0.241. The average molecular weight is 251 g/mol. The maximum Gasteiger partial charge on any atom is 0.255 e. The van der Waals surface area contributed by atoms with Crippen LogP contribution in [-0.2, 0) is 0 Å². The minimum atomic E-state index is -0.279. The number of carbonyl (C=O) groups is 1. The fourth-order valence-electron chi connectivity index (χ4n) is 1.45. The molecule has 1 unspecified atom stereocenters. The van der Waals surface area contributed by atoms with Crippen molar-refractivity contribution in [3.63, 3.8) is 0 Å². The Labute approximate surface area is 108 Å². The third-order valence-corrected chi connectivity index (χ3v) is 3.19. The molecule has 0 aliphatic carbocycles. The highest BCUT2D eigenvalue weighted by Crippen LogP contribution is 2.29. The Morgan fingerprint density at radius 3 is 2.61 bits per heavy atom. The molecule has 0 aromatic heterocycles. The lowest BCUT2D eigenvalue weighted by Gasteiger charge is -2.16. The van der Waals surface area contributed by atoms with E-state index in [-0.39, 0.29) is 17.2 Å². The fourth-order valence-corrected chi connectivity index (χ4v) is 1.45. The van der Waals surface area contributed by atoms with Gasteiger partial charge in [-0.15, -0.1) is 0 Å². The van der Waals surface area contributed by atoms with Gasteiger partial charge in [0.25, 0.3) is 5.91 Å². The number of phenolic OH excluding ortho intramolecular Hbond substituents is 1. The van der Waals surface area contributed by atoms with E-state index < -0.39 is 0 Å². The highest BCUT2D eigenvalue weighted by atomic mass is 16.5. The molecule has 0 spiro atoms. The van der Waals surface area contributed by atoms with Gasteiger partial charge in [-0.2, -0.15) is 0 Å². The zero-order valence-corrected chi connectivity index (χ0v) is 11.4. The second-order valence-corrected chi connectivity index (χ2v) is 4.79. The fraction of sp³-hybridized carbons (Fsp3) is 0.500. The molecule has 4 nitrogen and oxygen atoms in total. The van der Waals surface area contributed by atoms with Gasteiger partial charge in [0.2, 0.25) is 0 Å². The largest absolute Gasteiger partial charge is 0.504 e. The molecule has 1 amide bonds. The summed E-state index contributed by atoms with van der Waals surface area (Å²) in [5, 5.41) is 12.7. The van der Waals surface area contributed by atoms with Crippen molar-refractivity contribution in [3.8, 4) is 11.5 Å². The number of amides is 1. The van der Waals surface area contributed by atoms with Crippen molar-refractivity contribution in [1.82, 2.24) is 5.32 Å². The molecule has 18 heavy (non-hydrogen) atoms. The van der Waals surface area contributed by atoms with Gasteiger partial charge in [-0.05, 0) is 24.0 Å². The van der Waals surface area contributed by atoms with E-state index >= 15 is 0 Å². The third-order valence-electron chi connectivity index (χ3n) is 3.19. The number of nitrogens with one attached hydrogen (secondary N) is 1. The summed E-state index contributed by atoms with van der Waals surface area (Å²) in [4.78, 5) is 11.9. The van der Waals surface area contributed by atoms with Crippen LogP contribution in [0.3, 0.4) is 0 Å². The Morgan fingerprint density at radius 2 is 2.06 bits per heavy atom. The van der Waals surface area contributed by atoms with Crippen LogP contribution in [-0.4, -0.2) is 24.7 Å². The van der Waals surface area contributed by atoms with Gasteiger partial charge < -0.3 is 15.2 Å². The highest BCUT2D eigenvalue weighted by Gasteiger charge is 2.15. The van der Waals surface area contributed by atoms with Crippen LogP contribution in [0.5, 0.6) is 11.5 Å². The number of para-hydroxylation sites is 1. The zero-order chi connectivity index (χ0) is 13.7. The predicted octanol–water partition coefficient (Wildman–Crippen LogP) is 2.42. The Bertz CT molecular complexity index is 416. The second-order valence-electron chi connectivity index (χ2n) is 4.79. The summed E-state index contributed by atoms with van der Waals surface area (Å²) in [6.45, 7) is 6.89. The molecule has 0 fully saturated rings. The molecule has 1 atom stereocenters. The molecule has 1 aromatic rings. The molecule has 1 aromatic carbocycles. The molecular weight excluding hydrogens is 230 g/mol. The smallest absolute Gasteiger partial charge is 0.255 e. The van der Waals surface area contributed by atoms with E-state index in [0.29, 0.717) is 24.1 Å². The van der Waals surface area contributed by atoms with Crippen LogP contribution in [0.15, 0.2) is 18.2 Å². The number of carbonyl (C=O) groups excluding carboxylic acids is 1. The van der Waals surface area contributed by atoms with Crippen molar-refractivity contribution in [1.29, 1.82) is 0 Å². The first-order chi connectivity index (χ1) is 8.47. The lowest BCUT2D eigenvalue weighted by Crippen LogP contribution is -2.30. The van der Waals surface area contributed by atoms with E-state index in [1.807, 2.05) is 0 Å². The number of hydrogen-bond donors (Lipinski definition) is 2. The molecule has 100 valence electrons. The van der Waals surface area contributed by atoms with Crippen molar-refractivity contribution in [2.24, 2.45) is 11.8 Å². The molecule has 1 rings (SSSR count). The van der Waals surface area contributed by atoms with Crippen LogP contribution >= 0.6 is 0 Å². The van der Waals surface area contributed by atoms with Gasteiger partial charge in [-0.3, -0.25) is 4.79 Å². The van der Waals surface area contributed by atoms with Gasteiger partial charge in [-0.1, -0.05) is 26.8 Å². The van der Waals surface area contributed by atoms with E-state index in [9.17, 15) is 9.90 Å². The number of aromatic hydroxyl groups is 1. The minimum absolute atomic E-state index is 0.116. The summed E-state index contributed by atoms with van der Waals surface area (Å²) >= 11 is 0. The monoisotopic (exact) mass is 251 g/mol. The molecule has 0 saturated carbocycles. The van der Waals surface area contributed by atoms with Crippen molar-refractivity contribution >= 4 is 5.91 Å². The normalized spacial score (nSPS) is 12.3. The van der Waals surface area contributed by atoms with E-state index in [0.717, 1.165) is 0 Å². The van der Waals surface area contributed by atoms with E-state index in [4.69, 9.17) is 4.74 Å². The van der Waals surface area contributed by atoms with Crippen LogP contribution in [0.2, 0.25) is 0 Å². The first-order valence-electron chi connectivity index (χ1n) is 6.11. The lowest BCUT2D eigenvalue weighted by atomic mass is 9.98. The average Bonchev–Trinajstić information content (AvgIpc) is 2.35. The standard InChI is InChI=1S/C14H21NO3/c1-9(2)10(3)8-15-14(17)11-6-5-7-12(18-4)13(11)16/h5-7,9-10,16H,8H2,1-4H3,(H,15,17). The highest BCUT2D eigenvalue weighted by molar-refractivity contribution is 5.97. The van der Waals surface area contributed by atoms with Gasteiger partial charge in [0.05, 0.1) is 12.7 Å². The first-order valence-corrected chi connectivity index (χ1v) is 6.11. The SMILES string of the molecule is COc1cccc(C(=O)NCC(C)C(C)C)c1O. The van der Waals surface area contributed by atoms with Gasteiger partial charge >= 0.3 is 0 Å². The van der Waals surface area contributed by atoms with Gasteiger partial charge in [-0.25, -0.2) is 0 Å². The Kier molecular flexibility index (Phi) is 5.01. The summed E-state index contributed by atoms with van der Waals surface area (Å²) in [6, 6.07) is 4.87. The van der Waals surface area contributed by atoms with Crippen molar-refractivity contribution < 1.29 is 14.6 Å². The molecule has 0 bridgehead atoms. The number of hydrogen-bond acceptors (Lipinski definition) is 3. The van der Waals surface area contributed by atoms with Gasteiger partial charge in [0.15, 0.2) is 11.5 Å². The topological polar surface area (TPSA) is 58.6 Å². The number of rotatable bonds is 5. The molecule has 0 radical (unpaired) electrons. The van der Waals surface area contributed by atoms with Crippen LogP contribution in [0, 0.1) is 11.8 Å². The van der Waals surface area contributed by atoms with Crippen LogP contribution in [0.25, 0.3) is 0 Å². The van der Waals surface area contributed by atoms with Gasteiger partial charge in [0, 0.05) is 6.54 Å². The molecular formula is C14H21NO3. The second kappa shape index (κ2) is 6.28. The molecule has 2 N–H and O–H groups in total. The third kappa shape index (κ3) is 3.39. The van der Waals surface area contributed by atoms with E-state index in [1.165, 1.54) is 7.11 Å². The Morgan fingerprint density at radius 1 is 1.39 bits per heavy atom. The lowest BCUT2D eigenvalue weighted by molar-refractivity contribution is 0.0941. The van der Waals surface area contributed by atoms with Crippen molar-refractivity contribution in [3.05, 3.63) is 23.8 Å². The molecule has 0 heterocycles. The summed E-state index contributed by atoms with van der Waals surface area (Å²) in [5.74, 6) is 0.805. The number of phenols is 1. The zero-order valence-electron chi connectivity index (χ0n) is 11.4. The van der Waals surface area contributed by atoms with E-state index in [2.05, 4.69) is 26.1 Å². The summed E-state index contributed by atoms with van der Waals surface area (Å²) in [7, 11) is 1.46. The summed E-state index contributed by atoms with van der Waals surface area (Å²) in [6.07, 6.45) is 0. The number of methoxy groups -OCH3 is 1. The maximum atomic E-state index is 11.9. The predicted molar refractivity (Wildman–Crippen MR) is 71.0 cm³/mol. The minimum Gasteiger partial charge on any atom is -0.504 e. The van der Waals surface area contributed by atoms with Crippen LogP contribution in [0.4, 0.5) is 0 Å². The Hall–Kier alpha value is -1.71. The molecule has 0 aliphatic heterocycles. The molecule has 0 aliphatic rings.